The number of sulfonamides is 1. The Balaban J connectivity index is 1.29. The number of aromatic nitrogens is 2. The molecule has 0 aliphatic heterocycles. The number of aliphatic hydroxyl groups excluding tert-OH is 1. The molecule has 9 nitrogen and oxygen atoms in total. The van der Waals surface area contributed by atoms with E-state index in [-0.39, 0.29) is 11.4 Å². The lowest BCUT2D eigenvalue weighted by atomic mass is 10.1. The lowest BCUT2D eigenvalue weighted by Crippen LogP contribution is -2.40. The Morgan fingerprint density at radius 2 is 1.65 bits per heavy atom. The number of unbranched alkanes of at least 4 members (excludes halogenated alkanes) is 5. The van der Waals surface area contributed by atoms with E-state index in [2.05, 4.69) is 22.0 Å². The highest BCUT2D eigenvalue weighted by atomic mass is 32.2. The topological polar surface area (TPSA) is 122 Å². The van der Waals surface area contributed by atoms with E-state index in [4.69, 9.17) is 9.72 Å². The number of rotatable bonds is 18. The van der Waals surface area contributed by atoms with Crippen LogP contribution in [-0.4, -0.2) is 53.2 Å². The molecule has 49 heavy (non-hydrogen) atoms. The summed E-state index contributed by atoms with van der Waals surface area (Å²) in [5, 5.41) is 13.9. The van der Waals surface area contributed by atoms with Crippen LogP contribution in [0.3, 0.4) is 0 Å². The van der Waals surface area contributed by atoms with Gasteiger partial charge in [-0.15, -0.1) is 11.3 Å². The molecule has 4 rings (SSSR count). The number of carbonyl (C=O) groups is 1. The zero-order valence-corrected chi connectivity index (χ0v) is 30.7. The van der Waals surface area contributed by atoms with Crippen molar-refractivity contribution in [2.24, 2.45) is 0 Å². The first-order valence-corrected chi connectivity index (χ1v) is 19.5. The molecule has 0 unspecified atom stereocenters. The summed E-state index contributed by atoms with van der Waals surface area (Å²) in [5.41, 5.74) is 3.40. The van der Waals surface area contributed by atoms with Crippen molar-refractivity contribution in [2.45, 2.75) is 102 Å². The van der Waals surface area contributed by atoms with Gasteiger partial charge in [0.05, 0.1) is 28.2 Å². The van der Waals surface area contributed by atoms with E-state index >= 15 is 0 Å². The van der Waals surface area contributed by atoms with Crippen LogP contribution in [0.1, 0.15) is 99.7 Å². The molecule has 0 aliphatic rings. The number of nitrogens with zero attached hydrogens (tertiary/aromatic N) is 3. The van der Waals surface area contributed by atoms with Gasteiger partial charge in [-0.2, -0.15) is 0 Å². The van der Waals surface area contributed by atoms with Gasteiger partial charge in [0.25, 0.3) is 10.0 Å². The minimum atomic E-state index is -3.79. The summed E-state index contributed by atoms with van der Waals surface area (Å²) in [6.07, 6.45) is 11.5. The third-order valence-corrected chi connectivity index (χ3v) is 10.3. The fourth-order valence-corrected chi connectivity index (χ4v) is 7.20. The molecule has 0 bridgehead atoms. The van der Waals surface area contributed by atoms with Gasteiger partial charge in [0.2, 0.25) is 0 Å². The average Bonchev–Trinajstić information content (AvgIpc) is 3.51. The smallest absolute Gasteiger partial charge is 0.410 e. The minimum absolute atomic E-state index is 0.0431. The van der Waals surface area contributed by atoms with Gasteiger partial charge in [-0.1, -0.05) is 69.4 Å². The Bertz CT molecular complexity index is 1690. The number of amides is 1. The lowest BCUT2D eigenvalue weighted by Gasteiger charge is -2.29. The highest BCUT2D eigenvalue weighted by Gasteiger charge is 2.25. The molecule has 2 heterocycles. The van der Waals surface area contributed by atoms with Gasteiger partial charge in [0, 0.05) is 42.0 Å². The van der Waals surface area contributed by atoms with Crippen LogP contribution in [0.25, 0.3) is 0 Å². The van der Waals surface area contributed by atoms with Crippen molar-refractivity contribution < 1.29 is 23.1 Å². The number of hydrogen-bond donors (Lipinski definition) is 2. The van der Waals surface area contributed by atoms with Crippen LogP contribution in [0.4, 0.5) is 10.5 Å². The van der Waals surface area contributed by atoms with Gasteiger partial charge in [0.15, 0.2) is 0 Å². The molecule has 1 amide bonds. The Labute approximate surface area is 295 Å². The summed E-state index contributed by atoms with van der Waals surface area (Å²) >= 11 is 1.66. The van der Waals surface area contributed by atoms with Gasteiger partial charge < -0.3 is 14.7 Å². The van der Waals surface area contributed by atoms with Crippen molar-refractivity contribution in [3.8, 4) is 0 Å². The number of anilines is 1. The Morgan fingerprint density at radius 3 is 2.33 bits per heavy atom. The third-order valence-electron chi connectivity index (χ3n) is 7.97. The van der Waals surface area contributed by atoms with Gasteiger partial charge in [0.1, 0.15) is 5.60 Å². The van der Waals surface area contributed by atoms with Crippen LogP contribution in [0.5, 0.6) is 0 Å². The summed E-state index contributed by atoms with van der Waals surface area (Å²) < 4.78 is 34.6. The first kappa shape index (κ1) is 38.0. The Kier molecular flexibility index (Phi) is 14.2. The predicted molar refractivity (Wildman–Crippen MR) is 196 cm³/mol. The van der Waals surface area contributed by atoms with Crippen molar-refractivity contribution in [3.05, 3.63) is 106 Å². The first-order chi connectivity index (χ1) is 23.4. The van der Waals surface area contributed by atoms with Gasteiger partial charge in [-0.3, -0.25) is 9.71 Å². The van der Waals surface area contributed by atoms with Crippen molar-refractivity contribution in [1.29, 1.82) is 0 Å². The number of ether oxygens (including phenoxy) is 1. The number of aliphatic hydroxyl groups is 1. The number of aryl methyl sites for hydroxylation is 1. The molecule has 0 spiro atoms. The van der Waals surface area contributed by atoms with Crippen molar-refractivity contribution in [3.63, 3.8) is 0 Å². The summed E-state index contributed by atoms with van der Waals surface area (Å²) in [6, 6.07) is 17.5. The largest absolute Gasteiger partial charge is 0.444 e. The number of hydrogen-bond acceptors (Lipinski definition) is 8. The lowest BCUT2D eigenvalue weighted by molar-refractivity contribution is 0.0146. The fraction of sp³-hybridized carbons (Fsp3) is 0.447. The molecule has 0 aliphatic carbocycles. The van der Waals surface area contributed by atoms with E-state index in [1.165, 1.54) is 43.4 Å². The number of nitrogens with one attached hydrogen (secondary N) is 1. The second-order valence-corrected chi connectivity index (χ2v) is 16.0. The normalized spacial score (nSPS) is 12.4. The number of carbonyl (C=O) groups excluding carboxylic acids is 1. The second kappa shape index (κ2) is 18.3. The standard InChI is InChI=1S/C38H50N4O5S2/c1-5-6-7-8-9-10-13-33-28-48-36(40-33)25-30-16-20-34(21-17-30)49(45,46)41-32-18-14-29(15-19-32)22-24-42(37(44)47-38(2,3)4)27-35(43)31-12-11-23-39-26-31/h11-12,14-21,23,26,28,35,41,43H,5-10,13,22,24-25,27H2,1-4H3/t35-/m0/s1. The van der Waals surface area contributed by atoms with E-state index in [0.29, 0.717) is 30.6 Å². The summed E-state index contributed by atoms with van der Waals surface area (Å²) in [7, 11) is -3.79. The molecule has 4 aromatic rings. The minimum Gasteiger partial charge on any atom is -0.444 e. The molecule has 1 atom stereocenters. The molecule has 0 saturated carbocycles. The molecule has 2 aromatic heterocycles. The van der Waals surface area contributed by atoms with Crippen molar-refractivity contribution in [2.75, 3.05) is 17.8 Å². The van der Waals surface area contributed by atoms with E-state index in [0.717, 1.165) is 28.2 Å². The number of thiazole rings is 1. The molecule has 2 aromatic carbocycles. The second-order valence-electron chi connectivity index (χ2n) is 13.4. The van der Waals surface area contributed by atoms with Crippen LogP contribution >= 0.6 is 11.3 Å². The summed E-state index contributed by atoms with van der Waals surface area (Å²) in [5.74, 6) is 0. The maximum absolute atomic E-state index is 13.2. The van der Waals surface area contributed by atoms with Crippen LogP contribution in [-0.2, 0) is 34.0 Å². The van der Waals surface area contributed by atoms with Crippen molar-refractivity contribution >= 4 is 33.1 Å². The maximum atomic E-state index is 13.2. The molecule has 11 heteroatoms. The van der Waals surface area contributed by atoms with E-state index in [1.807, 2.05) is 24.3 Å². The molecular formula is C38H50N4O5S2. The van der Waals surface area contributed by atoms with E-state index in [9.17, 15) is 18.3 Å². The van der Waals surface area contributed by atoms with Gasteiger partial charge in [-0.25, -0.2) is 18.2 Å². The third kappa shape index (κ3) is 12.9. The predicted octanol–water partition coefficient (Wildman–Crippen LogP) is 8.35. The maximum Gasteiger partial charge on any atom is 0.410 e. The highest BCUT2D eigenvalue weighted by molar-refractivity contribution is 7.92. The molecule has 0 radical (unpaired) electrons. The SMILES string of the molecule is CCCCCCCCc1csc(Cc2ccc(S(=O)(=O)Nc3ccc(CCN(C[C@H](O)c4cccnc4)C(=O)OC(C)(C)C)cc3)cc2)n1. The number of pyridine rings is 1. The summed E-state index contributed by atoms with van der Waals surface area (Å²) in [6.45, 7) is 7.96. The first-order valence-electron chi connectivity index (χ1n) is 17.1. The molecule has 0 fully saturated rings. The number of benzene rings is 2. The van der Waals surface area contributed by atoms with Gasteiger partial charge >= 0.3 is 6.09 Å². The zero-order valence-electron chi connectivity index (χ0n) is 29.1. The van der Waals surface area contributed by atoms with E-state index in [1.54, 1.807) is 80.9 Å². The van der Waals surface area contributed by atoms with Crippen LogP contribution in [0.15, 0.2) is 83.3 Å². The summed E-state index contributed by atoms with van der Waals surface area (Å²) in [4.78, 5) is 23.5. The Hall–Kier alpha value is -3.80. The molecule has 0 saturated heterocycles. The quantitative estimate of drug-likeness (QED) is 0.0998. The van der Waals surface area contributed by atoms with E-state index < -0.39 is 27.8 Å². The monoisotopic (exact) mass is 706 g/mol. The van der Waals surface area contributed by atoms with Crippen LogP contribution < -0.4 is 4.72 Å². The van der Waals surface area contributed by atoms with Crippen LogP contribution in [0, 0.1) is 0 Å². The van der Waals surface area contributed by atoms with Crippen LogP contribution in [0.2, 0.25) is 0 Å². The zero-order chi connectivity index (χ0) is 35.3. The van der Waals surface area contributed by atoms with Gasteiger partial charge in [-0.05, 0) is 81.5 Å². The fourth-order valence-electron chi connectivity index (χ4n) is 5.28. The molecule has 2 N–H and O–H groups in total. The average molecular weight is 707 g/mol. The molecule has 264 valence electrons. The Morgan fingerprint density at radius 1 is 0.959 bits per heavy atom. The van der Waals surface area contributed by atoms with Crippen molar-refractivity contribution in [1.82, 2.24) is 14.9 Å². The molecular weight excluding hydrogens is 657 g/mol. The highest BCUT2D eigenvalue weighted by Crippen LogP contribution is 2.22.